The average molecular weight is 308 g/mol. The molecule has 0 spiro atoms. The summed E-state index contributed by atoms with van der Waals surface area (Å²) in [6.07, 6.45) is 1.91. The second kappa shape index (κ2) is 6.96. The maximum Gasteiger partial charge on any atom is 0.255 e. The number of alkyl halides is 1. The first-order valence-electron chi connectivity index (χ1n) is 7.76. The van der Waals surface area contributed by atoms with E-state index in [1.807, 2.05) is 0 Å². The standard InChI is InChI=1S/C16H21FN2O3/c17-5-9-19-7-3-12(4-8-19)22-13-1-2-14-15(11-13)21-10-6-18-16(14)20/h1-2,11-12H,3-10H2,(H,18,20). The van der Waals surface area contributed by atoms with Crippen molar-refractivity contribution in [3.05, 3.63) is 23.8 Å². The van der Waals surface area contributed by atoms with Gasteiger partial charge in [0.1, 0.15) is 30.9 Å². The summed E-state index contributed by atoms with van der Waals surface area (Å²) < 4.78 is 23.9. The molecule has 1 aromatic rings. The first kappa shape index (κ1) is 15.1. The van der Waals surface area contributed by atoms with Crippen molar-refractivity contribution in [2.45, 2.75) is 18.9 Å². The number of piperidine rings is 1. The zero-order valence-corrected chi connectivity index (χ0v) is 12.5. The number of carbonyl (C=O) groups excluding carboxylic acids is 1. The van der Waals surface area contributed by atoms with Crippen LogP contribution < -0.4 is 14.8 Å². The Kier molecular flexibility index (Phi) is 4.77. The number of rotatable bonds is 4. The Morgan fingerprint density at radius 3 is 2.95 bits per heavy atom. The van der Waals surface area contributed by atoms with E-state index in [1.165, 1.54) is 0 Å². The summed E-state index contributed by atoms with van der Waals surface area (Å²) in [7, 11) is 0. The number of likely N-dealkylation sites (tertiary alicyclic amines) is 1. The molecule has 0 atom stereocenters. The Hall–Kier alpha value is -1.82. The highest BCUT2D eigenvalue weighted by molar-refractivity contribution is 5.97. The third kappa shape index (κ3) is 3.50. The van der Waals surface area contributed by atoms with Crippen molar-refractivity contribution in [1.82, 2.24) is 10.2 Å². The normalized spacial score (nSPS) is 19.8. The monoisotopic (exact) mass is 308 g/mol. The average Bonchev–Trinajstić information content (AvgIpc) is 2.71. The van der Waals surface area contributed by atoms with Crippen molar-refractivity contribution in [2.75, 3.05) is 39.5 Å². The van der Waals surface area contributed by atoms with E-state index in [1.54, 1.807) is 18.2 Å². The molecular formula is C16H21FN2O3. The second-order valence-electron chi connectivity index (χ2n) is 5.61. The molecule has 1 aromatic carbocycles. The molecule has 2 aliphatic rings. The number of benzene rings is 1. The number of hydrogen-bond donors (Lipinski definition) is 1. The molecule has 120 valence electrons. The highest BCUT2D eigenvalue weighted by Crippen LogP contribution is 2.28. The maximum atomic E-state index is 12.3. The fourth-order valence-corrected chi connectivity index (χ4v) is 2.87. The van der Waals surface area contributed by atoms with Crippen molar-refractivity contribution in [2.24, 2.45) is 0 Å². The molecule has 0 saturated carbocycles. The number of halogens is 1. The number of nitrogens with one attached hydrogen (secondary N) is 1. The molecule has 3 rings (SSSR count). The Bertz CT molecular complexity index is 530. The molecule has 0 radical (unpaired) electrons. The molecule has 6 heteroatoms. The molecule has 0 aromatic heterocycles. The van der Waals surface area contributed by atoms with Crippen LogP contribution in [0.4, 0.5) is 4.39 Å². The zero-order chi connectivity index (χ0) is 15.4. The van der Waals surface area contributed by atoms with Crippen molar-refractivity contribution in [1.29, 1.82) is 0 Å². The Morgan fingerprint density at radius 2 is 2.18 bits per heavy atom. The topological polar surface area (TPSA) is 50.8 Å². The van der Waals surface area contributed by atoms with Crippen LogP contribution in [0.1, 0.15) is 23.2 Å². The van der Waals surface area contributed by atoms with Crippen LogP contribution in [0.25, 0.3) is 0 Å². The molecule has 0 aliphatic carbocycles. The highest BCUT2D eigenvalue weighted by Gasteiger charge is 2.22. The quantitative estimate of drug-likeness (QED) is 0.918. The minimum Gasteiger partial charge on any atom is -0.491 e. The van der Waals surface area contributed by atoms with Gasteiger partial charge >= 0.3 is 0 Å². The van der Waals surface area contributed by atoms with E-state index >= 15 is 0 Å². The van der Waals surface area contributed by atoms with Gasteiger partial charge in [-0.2, -0.15) is 0 Å². The molecule has 1 fully saturated rings. The van der Waals surface area contributed by atoms with Crippen molar-refractivity contribution in [3.63, 3.8) is 0 Å². The summed E-state index contributed by atoms with van der Waals surface area (Å²) >= 11 is 0. The Morgan fingerprint density at radius 1 is 1.36 bits per heavy atom. The van der Waals surface area contributed by atoms with Gasteiger partial charge in [-0.15, -0.1) is 0 Å². The minimum atomic E-state index is -0.296. The first-order valence-corrected chi connectivity index (χ1v) is 7.76. The predicted octanol–water partition coefficient (Wildman–Crippen LogP) is 1.62. The summed E-state index contributed by atoms with van der Waals surface area (Å²) in [6, 6.07) is 5.33. The summed E-state index contributed by atoms with van der Waals surface area (Å²) in [4.78, 5) is 14.0. The minimum absolute atomic E-state index is 0.112. The summed E-state index contributed by atoms with van der Waals surface area (Å²) in [5.74, 6) is 1.18. The Balaban J connectivity index is 1.62. The lowest BCUT2D eigenvalue weighted by Gasteiger charge is -2.31. The van der Waals surface area contributed by atoms with Crippen molar-refractivity contribution < 1.29 is 18.7 Å². The van der Waals surface area contributed by atoms with Gasteiger partial charge in [-0.3, -0.25) is 4.79 Å². The first-order chi connectivity index (χ1) is 10.8. The van der Waals surface area contributed by atoms with Gasteiger partial charge in [-0.1, -0.05) is 0 Å². The molecule has 2 aliphatic heterocycles. The van der Waals surface area contributed by atoms with Crippen molar-refractivity contribution >= 4 is 5.91 Å². The van der Waals surface area contributed by atoms with Crippen LogP contribution in [0.5, 0.6) is 11.5 Å². The van der Waals surface area contributed by atoms with E-state index in [4.69, 9.17) is 9.47 Å². The van der Waals surface area contributed by atoms with Crippen LogP contribution in [0.3, 0.4) is 0 Å². The van der Waals surface area contributed by atoms with Gasteiger partial charge in [0.2, 0.25) is 0 Å². The number of amides is 1. The molecule has 0 unspecified atom stereocenters. The Labute approximate surface area is 129 Å². The van der Waals surface area contributed by atoms with E-state index in [2.05, 4.69) is 10.2 Å². The van der Waals surface area contributed by atoms with Crippen LogP contribution in [0, 0.1) is 0 Å². The summed E-state index contributed by atoms with van der Waals surface area (Å²) in [5, 5.41) is 2.78. The van der Waals surface area contributed by atoms with Crippen LogP contribution in [-0.4, -0.2) is 56.4 Å². The molecule has 5 nitrogen and oxygen atoms in total. The molecule has 22 heavy (non-hydrogen) atoms. The smallest absolute Gasteiger partial charge is 0.255 e. The van der Waals surface area contributed by atoms with Crippen molar-refractivity contribution in [3.8, 4) is 11.5 Å². The lowest BCUT2D eigenvalue weighted by Crippen LogP contribution is -2.39. The molecule has 1 N–H and O–H groups in total. The fraction of sp³-hybridized carbons (Fsp3) is 0.562. The van der Waals surface area contributed by atoms with Gasteiger partial charge in [0.15, 0.2) is 0 Å². The van der Waals surface area contributed by atoms with Gasteiger partial charge in [0, 0.05) is 25.7 Å². The number of nitrogens with zero attached hydrogens (tertiary/aromatic N) is 1. The summed E-state index contributed by atoms with van der Waals surface area (Å²) in [6.45, 7) is 2.90. The lowest BCUT2D eigenvalue weighted by atomic mass is 10.1. The second-order valence-corrected chi connectivity index (χ2v) is 5.61. The number of carbonyl (C=O) groups is 1. The number of hydrogen-bond acceptors (Lipinski definition) is 4. The van der Waals surface area contributed by atoms with Gasteiger partial charge in [0.25, 0.3) is 5.91 Å². The largest absolute Gasteiger partial charge is 0.491 e. The molecule has 1 saturated heterocycles. The third-order valence-electron chi connectivity index (χ3n) is 4.08. The number of ether oxygens (including phenoxy) is 2. The molecule has 0 bridgehead atoms. The fourth-order valence-electron chi connectivity index (χ4n) is 2.87. The molecular weight excluding hydrogens is 287 g/mol. The third-order valence-corrected chi connectivity index (χ3v) is 4.08. The van der Waals surface area contributed by atoms with Crippen LogP contribution in [0.2, 0.25) is 0 Å². The zero-order valence-electron chi connectivity index (χ0n) is 12.5. The molecule has 1 amide bonds. The van der Waals surface area contributed by atoms with Crippen LogP contribution in [0.15, 0.2) is 18.2 Å². The van der Waals surface area contributed by atoms with Gasteiger partial charge in [-0.05, 0) is 25.0 Å². The van der Waals surface area contributed by atoms with Gasteiger partial charge < -0.3 is 19.7 Å². The lowest BCUT2D eigenvalue weighted by molar-refractivity contribution is 0.0954. The van der Waals surface area contributed by atoms with Crippen LogP contribution in [-0.2, 0) is 0 Å². The summed E-state index contributed by atoms with van der Waals surface area (Å²) in [5.41, 5.74) is 0.544. The van der Waals surface area contributed by atoms with E-state index in [0.717, 1.165) is 31.7 Å². The maximum absolute atomic E-state index is 12.3. The van der Waals surface area contributed by atoms with E-state index in [0.29, 0.717) is 31.0 Å². The van der Waals surface area contributed by atoms with Crippen LogP contribution >= 0.6 is 0 Å². The van der Waals surface area contributed by atoms with E-state index < -0.39 is 0 Å². The molecule has 2 heterocycles. The van der Waals surface area contributed by atoms with E-state index in [-0.39, 0.29) is 18.7 Å². The van der Waals surface area contributed by atoms with E-state index in [9.17, 15) is 9.18 Å². The van der Waals surface area contributed by atoms with Gasteiger partial charge in [-0.25, -0.2) is 4.39 Å². The SMILES string of the molecule is O=C1NCCOc2cc(OC3CCN(CCF)CC3)ccc21. The number of fused-ring (bicyclic) bond motifs is 1. The highest BCUT2D eigenvalue weighted by atomic mass is 19.1. The van der Waals surface area contributed by atoms with Gasteiger partial charge in [0.05, 0.1) is 12.1 Å². The predicted molar refractivity (Wildman–Crippen MR) is 80.3 cm³/mol.